The molecular formula is C8H11ClN2O2. The summed E-state index contributed by atoms with van der Waals surface area (Å²) in [5, 5.41) is 10.6. The number of nitro groups is 1. The van der Waals surface area contributed by atoms with Gasteiger partial charge in [-0.3, -0.25) is 10.1 Å². The Morgan fingerprint density at radius 3 is 2.54 bits per heavy atom. The number of halogens is 1. The van der Waals surface area contributed by atoms with Crippen LogP contribution in [0.3, 0.4) is 0 Å². The van der Waals surface area contributed by atoms with Crippen molar-refractivity contribution in [2.75, 3.05) is 0 Å². The van der Waals surface area contributed by atoms with Gasteiger partial charge in [0.25, 0.3) is 5.69 Å². The van der Waals surface area contributed by atoms with Crippen molar-refractivity contribution in [3.63, 3.8) is 0 Å². The molecule has 0 saturated carbocycles. The van der Waals surface area contributed by atoms with Crippen LogP contribution < -0.4 is 5.73 Å². The molecule has 1 rings (SSSR count). The summed E-state index contributed by atoms with van der Waals surface area (Å²) in [6, 6.07) is 5.15. The molecule has 2 N–H and O–H groups in total. The first-order chi connectivity index (χ1) is 5.66. The lowest BCUT2D eigenvalue weighted by molar-refractivity contribution is -0.386. The molecule has 0 saturated heterocycles. The Morgan fingerprint density at radius 2 is 2.15 bits per heavy atom. The van der Waals surface area contributed by atoms with Gasteiger partial charge >= 0.3 is 0 Å². The Balaban J connectivity index is 0.00000144. The molecule has 0 aromatic heterocycles. The normalized spacial score (nSPS) is 9.08. The highest BCUT2D eigenvalue weighted by Crippen LogP contribution is 2.21. The molecule has 72 valence electrons. The first-order valence-corrected chi connectivity index (χ1v) is 3.59. The zero-order valence-corrected chi connectivity index (χ0v) is 8.00. The summed E-state index contributed by atoms with van der Waals surface area (Å²) in [6.45, 7) is 1.91. The lowest BCUT2D eigenvalue weighted by Crippen LogP contribution is -2.02. The van der Waals surface area contributed by atoms with Crippen LogP contribution in [0.1, 0.15) is 11.1 Å². The highest BCUT2D eigenvalue weighted by atomic mass is 35.5. The Labute approximate surface area is 82.3 Å². The fourth-order valence-corrected chi connectivity index (χ4v) is 1.15. The molecule has 0 aliphatic rings. The maximum absolute atomic E-state index is 10.6. The van der Waals surface area contributed by atoms with E-state index in [2.05, 4.69) is 0 Å². The number of nitrogens with two attached hydrogens (primary N) is 1. The van der Waals surface area contributed by atoms with Gasteiger partial charge in [-0.25, -0.2) is 0 Å². The highest BCUT2D eigenvalue weighted by Gasteiger charge is 2.14. The standard InChI is InChI=1S/C8H10N2O2.ClH/c1-6-3-2-4-7(5-9)8(6)10(11)12;/h2-4H,5,9H2,1H3;1H. The van der Waals surface area contributed by atoms with Crippen molar-refractivity contribution in [1.29, 1.82) is 0 Å². The van der Waals surface area contributed by atoms with Crippen molar-refractivity contribution < 1.29 is 4.92 Å². The van der Waals surface area contributed by atoms with E-state index in [4.69, 9.17) is 5.73 Å². The van der Waals surface area contributed by atoms with Gasteiger partial charge in [-0.1, -0.05) is 18.2 Å². The topological polar surface area (TPSA) is 69.2 Å². The second-order valence-electron chi connectivity index (χ2n) is 2.54. The predicted molar refractivity (Wildman–Crippen MR) is 53.0 cm³/mol. The van der Waals surface area contributed by atoms with Crippen LogP contribution >= 0.6 is 12.4 Å². The van der Waals surface area contributed by atoms with Crippen LogP contribution in [-0.2, 0) is 6.54 Å². The van der Waals surface area contributed by atoms with Crippen LogP contribution in [0.25, 0.3) is 0 Å². The summed E-state index contributed by atoms with van der Waals surface area (Å²) in [5.74, 6) is 0. The van der Waals surface area contributed by atoms with E-state index in [0.29, 0.717) is 11.1 Å². The summed E-state index contributed by atoms with van der Waals surface area (Å²) in [7, 11) is 0. The lowest BCUT2D eigenvalue weighted by atomic mass is 10.1. The van der Waals surface area contributed by atoms with Gasteiger partial charge in [0.15, 0.2) is 0 Å². The number of para-hydroxylation sites is 1. The maximum Gasteiger partial charge on any atom is 0.276 e. The minimum atomic E-state index is -0.391. The molecule has 0 heterocycles. The smallest absolute Gasteiger partial charge is 0.276 e. The van der Waals surface area contributed by atoms with Crippen LogP contribution in [0.4, 0.5) is 5.69 Å². The van der Waals surface area contributed by atoms with E-state index in [1.807, 2.05) is 0 Å². The van der Waals surface area contributed by atoms with Crippen molar-refractivity contribution >= 4 is 18.1 Å². The van der Waals surface area contributed by atoms with E-state index in [0.717, 1.165) is 0 Å². The fraction of sp³-hybridized carbons (Fsp3) is 0.250. The monoisotopic (exact) mass is 202 g/mol. The molecule has 0 amide bonds. The van der Waals surface area contributed by atoms with Crippen LogP contribution in [0.5, 0.6) is 0 Å². The molecule has 13 heavy (non-hydrogen) atoms. The third kappa shape index (κ3) is 2.40. The van der Waals surface area contributed by atoms with Crippen LogP contribution in [0.15, 0.2) is 18.2 Å². The number of aryl methyl sites for hydroxylation is 1. The van der Waals surface area contributed by atoms with Crippen molar-refractivity contribution in [1.82, 2.24) is 0 Å². The second-order valence-corrected chi connectivity index (χ2v) is 2.54. The molecule has 1 aromatic rings. The minimum Gasteiger partial charge on any atom is -0.326 e. The predicted octanol–water partition coefficient (Wildman–Crippen LogP) is 1.78. The molecule has 0 aliphatic carbocycles. The largest absolute Gasteiger partial charge is 0.326 e. The van der Waals surface area contributed by atoms with Gasteiger partial charge in [0, 0.05) is 17.7 Å². The van der Waals surface area contributed by atoms with Gasteiger partial charge in [-0.15, -0.1) is 12.4 Å². The fourth-order valence-electron chi connectivity index (χ4n) is 1.15. The molecule has 0 unspecified atom stereocenters. The molecule has 4 nitrogen and oxygen atoms in total. The number of benzene rings is 1. The SMILES string of the molecule is Cc1cccc(CN)c1[N+](=O)[O-].Cl. The van der Waals surface area contributed by atoms with Crippen LogP contribution in [0, 0.1) is 17.0 Å². The zero-order valence-electron chi connectivity index (χ0n) is 7.19. The average Bonchev–Trinajstić information content (AvgIpc) is 2.03. The molecule has 0 fully saturated rings. The summed E-state index contributed by atoms with van der Waals surface area (Å²) >= 11 is 0. The van der Waals surface area contributed by atoms with Crippen LogP contribution in [-0.4, -0.2) is 4.92 Å². The molecule has 0 atom stereocenters. The molecular weight excluding hydrogens is 192 g/mol. The number of nitrogens with zero attached hydrogens (tertiary/aromatic N) is 1. The van der Waals surface area contributed by atoms with Crippen LogP contribution in [0.2, 0.25) is 0 Å². The summed E-state index contributed by atoms with van der Waals surface area (Å²) in [6.07, 6.45) is 0. The molecule has 1 aromatic carbocycles. The van der Waals surface area contributed by atoms with E-state index in [1.54, 1.807) is 25.1 Å². The summed E-state index contributed by atoms with van der Waals surface area (Å²) < 4.78 is 0. The first kappa shape index (κ1) is 11.9. The van der Waals surface area contributed by atoms with E-state index >= 15 is 0 Å². The van der Waals surface area contributed by atoms with Gasteiger partial charge in [-0.2, -0.15) is 0 Å². The van der Waals surface area contributed by atoms with Gasteiger partial charge in [0.1, 0.15) is 0 Å². The minimum absolute atomic E-state index is 0. The Hall–Kier alpha value is -1.13. The van der Waals surface area contributed by atoms with E-state index in [9.17, 15) is 10.1 Å². The molecule has 0 radical (unpaired) electrons. The summed E-state index contributed by atoms with van der Waals surface area (Å²) in [5.41, 5.74) is 6.73. The third-order valence-electron chi connectivity index (χ3n) is 1.72. The third-order valence-corrected chi connectivity index (χ3v) is 1.72. The quantitative estimate of drug-likeness (QED) is 0.587. The van der Waals surface area contributed by atoms with Crippen molar-refractivity contribution in [3.05, 3.63) is 39.4 Å². The van der Waals surface area contributed by atoms with E-state index in [-0.39, 0.29) is 24.6 Å². The van der Waals surface area contributed by atoms with E-state index < -0.39 is 4.92 Å². The van der Waals surface area contributed by atoms with Crippen molar-refractivity contribution in [2.24, 2.45) is 5.73 Å². The molecule has 0 spiro atoms. The van der Waals surface area contributed by atoms with Gasteiger partial charge in [-0.05, 0) is 6.92 Å². The zero-order chi connectivity index (χ0) is 9.14. The molecule has 5 heteroatoms. The Bertz CT molecular complexity index is 315. The van der Waals surface area contributed by atoms with Gasteiger partial charge < -0.3 is 5.73 Å². The van der Waals surface area contributed by atoms with E-state index in [1.165, 1.54) is 0 Å². The number of hydrogen-bond donors (Lipinski definition) is 1. The highest BCUT2D eigenvalue weighted by molar-refractivity contribution is 5.85. The Kier molecular flexibility index (Phi) is 4.37. The second kappa shape index (κ2) is 4.79. The van der Waals surface area contributed by atoms with Gasteiger partial charge in [0.2, 0.25) is 0 Å². The van der Waals surface area contributed by atoms with Crippen molar-refractivity contribution in [2.45, 2.75) is 13.5 Å². The molecule has 0 aliphatic heterocycles. The van der Waals surface area contributed by atoms with Gasteiger partial charge in [0.05, 0.1) is 4.92 Å². The average molecular weight is 203 g/mol. The maximum atomic E-state index is 10.6. The number of nitro benzene ring substituents is 1. The first-order valence-electron chi connectivity index (χ1n) is 3.59. The number of rotatable bonds is 2. The molecule has 0 bridgehead atoms. The Morgan fingerprint density at radius 1 is 1.54 bits per heavy atom. The lowest BCUT2D eigenvalue weighted by Gasteiger charge is -2.01. The summed E-state index contributed by atoms with van der Waals surface area (Å²) in [4.78, 5) is 10.2. The number of hydrogen-bond acceptors (Lipinski definition) is 3. The van der Waals surface area contributed by atoms with Crippen molar-refractivity contribution in [3.8, 4) is 0 Å².